The van der Waals surface area contributed by atoms with Crippen LogP contribution in [0.2, 0.25) is 0 Å². The Kier molecular flexibility index (Phi) is 859. The van der Waals surface area contributed by atoms with Crippen molar-refractivity contribution in [1.29, 1.82) is 0 Å². The average molecular weight is 235 g/mol. The molecule has 0 N–H and O–H groups in total. The van der Waals surface area contributed by atoms with E-state index in [4.69, 9.17) is 0 Å². The molecule has 0 aromatic heterocycles. The summed E-state index contributed by atoms with van der Waals surface area (Å²) in [6.07, 6.45) is 0. The number of hydrogen-bond donors (Lipinski definition) is 0. The molecule has 0 fully saturated rings. The van der Waals surface area contributed by atoms with Crippen molar-refractivity contribution in [3.8, 4) is 0 Å². The topological polar surface area (TPSA) is 0 Å². The maximum atomic E-state index is 3.25. The maximum absolute atomic E-state index is 3.25. The Hall–Kier alpha value is 1.38. The van der Waals surface area contributed by atoms with Crippen LogP contribution in [-0.4, -0.2) is 23.9 Å². The van der Waals surface area contributed by atoms with Crippen molar-refractivity contribution in [1.82, 2.24) is 0 Å². The summed E-state index contributed by atoms with van der Waals surface area (Å²) in [6, 6.07) is 0. The molecule has 3 radical (unpaired) electrons. The van der Waals surface area contributed by atoms with E-state index in [0.29, 0.717) is 0 Å². The van der Waals surface area contributed by atoms with Crippen LogP contribution in [0.4, 0.5) is 0 Å². The fraction of sp³-hybridized carbons (Fsp3) is 0.667. The van der Waals surface area contributed by atoms with E-state index in [2.05, 4.69) is 6.92 Å². The smallest absolute Gasteiger partial charge is 1.00 e. The zero-order valence-electron chi connectivity index (χ0n) is 2.96. The van der Waals surface area contributed by atoms with Crippen LogP contribution in [0.5, 0.6) is 0 Å². The first-order valence-electron chi connectivity index (χ1n) is 0.707. The molecular weight excluding hydrogens is 226 g/mol. The summed E-state index contributed by atoms with van der Waals surface area (Å²) in [7, 11) is 0. The van der Waals surface area contributed by atoms with Crippen molar-refractivity contribution in [2.75, 3.05) is 0 Å². The third-order valence-electron chi connectivity index (χ3n) is 0. The second-order valence-corrected chi connectivity index (χ2v) is 0. The molecule has 39 valence electrons. The first kappa shape index (κ1) is 53.1. The Morgan fingerprint density at radius 3 is 1.00 bits per heavy atom. The standard InChI is InChI=1S/C2H5.CH4.2ClH.Sn/c1-2;;;;/h1H2,2H3;1H4;2*1H;/q;;;;+2/p-2. The third-order valence-corrected chi connectivity index (χ3v) is 0. The van der Waals surface area contributed by atoms with Gasteiger partial charge in [-0.15, -0.1) is 0 Å². The van der Waals surface area contributed by atoms with Gasteiger partial charge in [-0.3, -0.25) is 0 Å². The van der Waals surface area contributed by atoms with Gasteiger partial charge >= 0.3 is 23.9 Å². The second kappa shape index (κ2) is 97.1. The van der Waals surface area contributed by atoms with Gasteiger partial charge in [-0.2, -0.15) is 0 Å². The minimum atomic E-state index is 0. The normalized spacial score (nSPS) is 1.00. The summed E-state index contributed by atoms with van der Waals surface area (Å²) >= 11 is 0. The fourth-order valence-corrected chi connectivity index (χ4v) is 0. The zero-order chi connectivity index (χ0) is 2.00. The first-order valence-corrected chi connectivity index (χ1v) is 0.707. The first-order chi connectivity index (χ1) is 1.00. The minimum absolute atomic E-state index is 0. The quantitative estimate of drug-likeness (QED) is 0.369. The Morgan fingerprint density at radius 1 is 1.00 bits per heavy atom. The van der Waals surface area contributed by atoms with Gasteiger partial charge in [0.05, 0.1) is 0 Å². The van der Waals surface area contributed by atoms with E-state index in [1.807, 2.05) is 0 Å². The summed E-state index contributed by atoms with van der Waals surface area (Å²) in [5, 5.41) is 0. The van der Waals surface area contributed by atoms with Gasteiger partial charge < -0.3 is 24.8 Å². The van der Waals surface area contributed by atoms with Crippen molar-refractivity contribution >= 4 is 23.9 Å². The molecule has 0 unspecified atom stereocenters. The zero-order valence-corrected chi connectivity index (χ0v) is 7.33. The van der Waals surface area contributed by atoms with E-state index in [0.717, 1.165) is 0 Å². The van der Waals surface area contributed by atoms with E-state index in [-0.39, 0.29) is 56.1 Å². The SMILES string of the molecule is C.[CH2]C.[Cl-].[Cl-].[Sn+2]. The van der Waals surface area contributed by atoms with Gasteiger partial charge in [-0.25, -0.2) is 0 Å². The molecule has 0 aliphatic heterocycles. The molecule has 3 heteroatoms. The molecule has 0 aromatic rings. The third kappa shape index (κ3) is 54.3. The molecular formula is C3H9Cl2Sn. The summed E-state index contributed by atoms with van der Waals surface area (Å²) < 4.78 is 0. The molecule has 0 nitrogen and oxygen atoms in total. The molecule has 0 saturated carbocycles. The predicted octanol–water partition coefficient (Wildman–Crippen LogP) is -4.90. The molecule has 0 amide bonds. The van der Waals surface area contributed by atoms with Gasteiger partial charge in [0.2, 0.25) is 0 Å². The van der Waals surface area contributed by atoms with Gasteiger partial charge in [0.25, 0.3) is 0 Å². The Bertz CT molecular complexity index is 8.75. The molecule has 0 saturated heterocycles. The molecule has 6 heavy (non-hydrogen) atoms. The summed E-state index contributed by atoms with van der Waals surface area (Å²) in [4.78, 5) is 0. The van der Waals surface area contributed by atoms with E-state index in [1.54, 1.807) is 6.92 Å². The summed E-state index contributed by atoms with van der Waals surface area (Å²) in [5.74, 6) is 0. The van der Waals surface area contributed by atoms with Crippen LogP contribution in [0, 0.1) is 6.92 Å². The van der Waals surface area contributed by atoms with E-state index < -0.39 is 0 Å². The maximum Gasteiger partial charge on any atom is 2.00 e. The molecule has 0 spiro atoms. The Balaban J connectivity index is -0.000000000833. The van der Waals surface area contributed by atoms with Crippen molar-refractivity contribution < 1.29 is 24.8 Å². The van der Waals surface area contributed by atoms with Gasteiger partial charge in [-0.05, 0) is 0 Å². The summed E-state index contributed by atoms with van der Waals surface area (Å²) in [5.41, 5.74) is 0. The van der Waals surface area contributed by atoms with Crippen LogP contribution in [0.25, 0.3) is 0 Å². The minimum Gasteiger partial charge on any atom is -1.00 e. The molecule has 0 heterocycles. The van der Waals surface area contributed by atoms with Crippen molar-refractivity contribution in [2.45, 2.75) is 14.4 Å². The second-order valence-electron chi connectivity index (χ2n) is 0. The molecule has 0 aromatic carbocycles. The molecule has 0 aliphatic carbocycles. The van der Waals surface area contributed by atoms with Crippen LogP contribution >= 0.6 is 0 Å². The van der Waals surface area contributed by atoms with E-state index >= 15 is 0 Å². The largest absolute Gasteiger partial charge is 2.00 e. The van der Waals surface area contributed by atoms with Crippen molar-refractivity contribution in [2.24, 2.45) is 0 Å². The van der Waals surface area contributed by atoms with Gasteiger partial charge in [-0.1, -0.05) is 21.3 Å². The van der Waals surface area contributed by atoms with Crippen LogP contribution in [0.1, 0.15) is 14.4 Å². The predicted molar refractivity (Wildman–Crippen MR) is 23.5 cm³/mol. The molecule has 0 atom stereocenters. The number of hydrogen-bond acceptors (Lipinski definition) is 0. The van der Waals surface area contributed by atoms with Crippen molar-refractivity contribution in [3.63, 3.8) is 0 Å². The Labute approximate surface area is 69.9 Å². The molecule has 0 rings (SSSR count). The van der Waals surface area contributed by atoms with E-state index in [1.165, 1.54) is 0 Å². The fourth-order valence-electron chi connectivity index (χ4n) is 0. The van der Waals surface area contributed by atoms with E-state index in [9.17, 15) is 0 Å². The van der Waals surface area contributed by atoms with Crippen LogP contribution in [0.15, 0.2) is 0 Å². The number of halogens is 2. The van der Waals surface area contributed by atoms with Crippen LogP contribution < -0.4 is 24.8 Å². The van der Waals surface area contributed by atoms with Crippen LogP contribution in [-0.2, 0) is 0 Å². The van der Waals surface area contributed by atoms with Gasteiger partial charge in [0.15, 0.2) is 0 Å². The Morgan fingerprint density at radius 2 is 1.00 bits per heavy atom. The van der Waals surface area contributed by atoms with Crippen molar-refractivity contribution in [3.05, 3.63) is 6.92 Å². The van der Waals surface area contributed by atoms with Gasteiger partial charge in [0, 0.05) is 0 Å². The number of rotatable bonds is 0. The monoisotopic (exact) mass is 235 g/mol. The molecule has 0 bridgehead atoms. The molecule has 0 aliphatic rings. The van der Waals surface area contributed by atoms with Gasteiger partial charge in [0.1, 0.15) is 0 Å². The van der Waals surface area contributed by atoms with Crippen LogP contribution in [0.3, 0.4) is 0 Å². The summed E-state index contributed by atoms with van der Waals surface area (Å²) in [6.45, 7) is 5.00. The average Bonchev–Trinajstić information content (AvgIpc) is 1.00.